The monoisotopic (exact) mass is 1360 g/mol. The van der Waals surface area contributed by atoms with Crippen LogP contribution in [0.3, 0.4) is 0 Å². The van der Waals surface area contributed by atoms with Gasteiger partial charge in [-0.15, -0.1) is 17.7 Å². The summed E-state index contributed by atoms with van der Waals surface area (Å²) in [6, 6.07) is 96.4. The Morgan fingerprint density at radius 1 is 0.303 bits per heavy atom. The molecule has 0 fully saturated rings. The van der Waals surface area contributed by atoms with Crippen LogP contribution in [0.5, 0.6) is 0 Å². The van der Waals surface area contributed by atoms with E-state index < -0.39 is 0 Å². The summed E-state index contributed by atoms with van der Waals surface area (Å²) in [5.41, 5.74) is 33.3. The number of hydrogen-bond donors (Lipinski definition) is 0. The third-order valence-corrected chi connectivity index (χ3v) is 19.9. The topological polar surface area (TPSA) is 13.8 Å². The minimum atomic E-state index is 0. The van der Waals surface area contributed by atoms with Crippen molar-refractivity contribution in [1.29, 1.82) is 0 Å². The molecule has 0 radical (unpaired) electrons. The maximum absolute atomic E-state index is 3.81. The molecule has 418 valence electrons. The fourth-order valence-electron chi connectivity index (χ4n) is 15.6. The van der Waals surface area contributed by atoms with Gasteiger partial charge >= 0.3 is 31.1 Å². The minimum absolute atomic E-state index is 0. The molecule has 89 heavy (non-hydrogen) atoms. The van der Waals surface area contributed by atoms with Crippen LogP contribution in [0, 0.1) is 77.9 Å². The molecule has 0 spiro atoms. The van der Waals surface area contributed by atoms with Crippen molar-refractivity contribution >= 4 is 98.0 Å². The van der Waals surface area contributed by atoms with E-state index in [-0.39, 0.29) is 31.1 Å². The van der Waals surface area contributed by atoms with Crippen LogP contribution in [0.25, 0.3) is 170 Å². The standard InChI is InChI=1S/C85H59N3.U/c1-7-54-40-55(35-37-66(54)64-31-19-29-62(52(64)5)60-25-13-11-21-49(60)2)56-36-38-69-76-43-57(41-74-67-27-15-17-33-78(67)87(84(74)76)80(69)45-56)58-42-75-68-28-16-18-34-79(68)88-83-47-72-71-39-51(4)70(65-32-20-30-63(53(65)6)61-26-14-12-22-50(61)3)46-81(71)86(59-23-9-8-10-24-59)82(72)48-73(83)77(44-58)85(75)88;/h8-34,37-48H,7H2,1-6H3;/q-2;+2. The Morgan fingerprint density at radius 3 is 1.34 bits per heavy atom. The largest absolute Gasteiger partial charge is 2.00 e. The molecule has 4 heteroatoms. The molecule has 0 saturated heterocycles. The number of para-hydroxylation sites is 3. The van der Waals surface area contributed by atoms with E-state index in [0.29, 0.717) is 0 Å². The van der Waals surface area contributed by atoms with Gasteiger partial charge in [-0.2, -0.15) is 24.3 Å². The Balaban J connectivity index is 0.00000612. The summed E-state index contributed by atoms with van der Waals surface area (Å²) in [6.07, 6.45) is 0.904. The van der Waals surface area contributed by atoms with Gasteiger partial charge in [0, 0.05) is 48.8 Å². The van der Waals surface area contributed by atoms with E-state index in [1.165, 1.54) is 187 Å². The summed E-state index contributed by atoms with van der Waals surface area (Å²) < 4.78 is 7.56. The molecule has 0 aliphatic heterocycles. The maximum Gasteiger partial charge on any atom is 2.00 e. The average Bonchev–Trinajstić information content (AvgIpc) is 1.56. The molecule has 18 rings (SSSR count). The van der Waals surface area contributed by atoms with E-state index in [0.717, 1.165) is 23.2 Å². The number of benzene rings is 13. The van der Waals surface area contributed by atoms with Gasteiger partial charge in [0.1, 0.15) is 0 Å². The third-order valence-electron chi connectivity index (χ3n) is 19.9. The van der Waals surface area contributed by atoms with Crippen LogP contribution in [0.15, 0.2) is 237 Å². The predicted octanol–water partition coefficient (Wildman–Crippen LogP) is 22.8. The summed E-state index contributed by atoms with van der Waals surface area (Å²) in [6.45, 7) is 13.5. The molecule has 0 unspecified atom stereocenters. The van der Waals surface area contributed by atoms with Crippen LogP contribution in [0.4, 0.5) is 0 Å². The number of nitrogens with zero attached hydrogens (tertiary/aromatic N) is 3. The average molecular weight is 1360 g/mol. The van der Waals surface area contributed by atoms with E-state index in [2.05, 4.69) is 304 Å². The van der Waals surface area contributed by atoms with Crippen molar-refractivity contribution in [3.63, 3.8) is 0 Å². The van der Waals surface area contributed by atoms with Crippen LogP contribution < -0.4 is 0 Å². The van der Waals surface area contributed by atoms with E-state index in [9.17, 15) is 0 Å². The van der Waals surface area contributed by atoms with Crippen molar-refractivity contribution in [3.05, 3.63) is 282 Å². The number of fused-ring (bicyclic) bond motifs is 15. The van der Waals surface area contributed by atoms with Gasteiger partial charge in [0.2, 0.25) is 0 Å². The Labute approximate surface area is 540 Å². The molecule has 0 amide bonds. The molecule has 0 aliphatic rings. The van der Waals surface area contributed by atoms with Gasteiger partial charge in [0.05, 0.1) is 38.6 Å². The first kappa shape index (κ1) is 53.5. The summed E-state index contributed by atoms with van der Waals surface area (Å²) >= 11 is 0. The molecule has 0 saturated carbocycles. The molecule has 0 N–H and O–H groups in total. The molecule has 0 aliphatic carbocycles. The zero-order chi connectivity index (χ0) is 58.8. The second-order valence-electron chi connectivity index (χ2n) is 24.7. The van der Waals surface area contributed by atoms with Crippen molar-refractivity contribution in [2.24, 2.45) is 0 Å². The second kappa shape index (κ2) is 20.2. The molecular formula is C85H59N3U. The molecule has 0 bridgehead atoms. The first-order chi connectivity index (χ1) is 43.2. The van der Waals surface area contributed by atoms with Gasteiger partial charge < -0.3 is 13.4 Å². The van der Waals surface area contributed by atoms with Crippen molar-refractivity contribution in [3.8, 4) is 72.4 Å². The fourth-order valence-corrected chi connectivity index (χ4v) is 15.6. The van der Waals surface area contributed by atoms with Crippen LogP contribution in [-0.4, -0.2) is 13.4 Å². The Kier molecular flexibility index (Phi) is 12.1. The van der Waals surface area contributed by atoms with E-state index >= 15 is 0 Å². The molecular weight excluding hydrogens is 1300 g/mol. The normalized spacial score (nSPS) is 12.1. The quantitative estimate of drug-likeness (QED) is 0.135. The van der Waals surface area contributed by atoms with E-state index in [1.54, 1.807) is 0 Å². The number of rotatable bonds is 8. The van der Waals surface area contributed by atoms with E-state index in [1.807, 2.05) is 0 Å². The fraction of sp³-hybridized carbons (Fsp3) is 0.0824. The maximum atomic E-state index is 3.81. The molecule has 5 heterocycles. The number of aryl methyl sites for hydroxylation is 4. The summed E-state index contributed by atoms with van der Waals surface area (Å²) in [5, 5.41) is 12.5. The minimum Gasteiger partial charge on any atom is -0.327 e. The summed E-state index contributed by atoms with van der Waals surface area (Å²) in [7, 11) is 0. The number of hydrogen-bond acceptors (Lipinski definition) is 0. The number of aromatic nitrogens is 3. The van der Waals surface area contributed by atoms with E-state index in [4.69, 9.17) is 0 Å². The van der Waals surface area contributed by atoms with Gasteiger partial charge in [-0.3, -0.25) is 0 Å². The summed E-state index contributed by atoms with van der Waals surface area (Å²) in [5.74, 6) is 0. The predicted molar refractivity (Wildman–Crippen MR) is 373 cm³/mol. The van der Waals surface area contributed by atoms with Crippen molar-refractivity contribution in [1.82, 2.24) is 13.4 Å². The van der Waals surface area contributed by atoms with Gasteiger partial charge in [-0.05, 0) is 191 Å². The van der Waals surface area contributed by atoms with Crippen molar-refractivity contribution in [2.75, 3.05) is 0 Å². The first-order valence-corrected chi connectivity index (χ1v) is 31.0. The van der Waals surface area contributed by atoms with Crippen molar-refractivity contribution in [2.45, 2.75) is 48.0 Å². The Morgan fingerprint density at radius 2 is 0.742 bits per heavy atom. The van der Waals surface area contributed by atoms with Gasteiger partial charge in [0.15, 0.2) is 0 Å². The van der Waals surface area contributed by atoms with Gasteiger partial charge in [-0.25, -0.2) is 11.1 Å². The Bertz CT molecular complexity index is 5970. The van der Waals surface area contributed by atoms with Crippen molar-refractivity contribution < 1.29 is 31.1 Å². The van der Waals surface area contributed by atoms with Gasteiger partial charge in [-0.1, -0.05) is 169 Å². The van der Waals surface area contributed by atoms with Crippen LogP contribution in [-0.2, 0) is 6.42 Å². The zero-order valence-corrected chi connectivity index (χ0v) is 54.7. The smallest absolute Gasteiger partial charge is 0.327 e. The SMILES string of the molecule is CCc1cc(-c2[c-]cc3c4cc(-c5cc6c7ccccc7n7c8cc9c%10cc(C)c(-c%11cccc(-c%12ccccc%12C)c%11C)cc%10n(-c%10ccccc%10)c9cc8c(c5)c67)cc5c6ccccc6n(c3c2)c54)[c-]cc1-c1cccc(-c2ccccc2C)c1C.[U+2]. The van der Waals surface area contributed by atoms with Crippen LogP contribution in [0.2, 0.25) is 0 Å². The zero-order valence-electron chi connectivity index (χ0n) is 50.6. The molecule has 5 aromatic heterocycles. The molecule has 3 nitrogen and oxygen atoms in total. The second-order valence-corrected chi connectivity index (χ2v) is 24.7. The third kappa shape index (κ3) is 7.77. The first-order valence-electron chi connectivity index (χ1n) is 31.0. The van der Waals surface area contributed by atoms with Crippen LogP contribution in [0.1, 0.15) is 40.3 Å². The van der Waals surface area contributed by atoms with Gasteiger partial charge in [0.25, 0.3) is 0 Å². The Hall–Kier alpha value is -9.69. The summed E-state index contributed by atoms with van der Waals surface area (Å²) in [4.78, 5) is 0. The molecule has 18 aromatic rings. The van der Waals surface area contributed by atoms with Crippen LogP contribution >= 0.6 is 0 Å². The molecule has 0 atom stereocenters. The molecule has 13 aromatic carbocycles.